The highest BCUT2D eigenvalue weighted by Crippen LogP contribution is 2.35. The van der Waals surface area contributed by atoms with Gasteiger partial charge in [0.15, 0.2) is 17.7 Å². The molecule has 1 saturated heterocycles. The smallest absolute Gasteiger partial charge is 0.167 e. The van der Waals surface area contributed by atoms with E-state index in [1.807, 2.05) is 0 Å². The van der Waals surface area contributed by atoms with Crippen LogP contribution < -0.4 is 11.5 Å². The lowest BCUT2D eigenvalue weighted by molar-refractivity contribution is -0.0390. The molecular weight excluding hydrogens is 336 g/mol. The van der Waals surface area contributed by atoms with Gasteiger partial charge in [-0.15, -0.1) is 0 Å². The third-order valence-electron chi connectivity index (χ3n) is 5.64. The van der Waals surface area contributed by atoms with Crippen molar-refractivity contribution in [2.24, 2.45) is 11.7 Å². The molecule has 0 spiro atoms. The van der Waals surface area contributed by atoms with E-state index >= 15 is 0 Å². The first-order valence-corrected chi connectivity index (χ1v) is 9.24. The van der Waals surface area contributed by atoms with Gasteiger partial charge in [-0.05, 0) is 18.8 Å². The monoisotopic (exact) mass is 362 g/mol. The van der Waals surface area contributed by atoms with E-state index in [2.05, 4.69) is 15.0 Å². The number of aliphatic hydroxyl groups is 2. The maximum absolute atomic E-state index is 10.5. The summed E-state index contributed by atoms with van der Waals surface area (Å²) in [7, 11) is 0. The van der Waals surface area contributed by atoms with Gasteiger partial charge in [0.1, 0.15) is 24.1 Å². The van der Waals surface area contributed by atoms with Crippen LogP contribution in [0.15, 0.2) is 12.7 Å². The molecule has 9 nitrogen and oxygen atoms in total. The minimum atomic E-state index is -1.09. The number of rotatable bonds is 5. The second-order valence-electron chi connectivity index (χ2n) is 7.51. The molecule has 5 atom stereocenters. The average molecular weight is 362 g/mol. The molecule has 0 unspecified atom stereocenters. The molecule has 1 aliphatic heterocycles. The van der Waals surface area contributed by atoms with Gasteiger partial charge in [0.2, 0.25) is 0 Å². The molecule has 2 fully saturated rings. The number of fused-ring (bicyclic) bond motifs is 1. The Morgan fingerprint density at radius 1 is 1.15 bits per heavy atom. The second kappa shape index (κ2) is 7.07. The summed E-state index contributed by atoms with van der Waals surface area (Å²) in [5.41, 5.74) is 13.0. The van der Waals surface area contributed by atoms with E-state index in [-0.39, 0.29) is 11.9 Å². The Labute approximate surface area is 151 Å². The van der Waals surface area contributed by atoms with E-state index in [4.69, 9.17) is 16.2 Å². The highest BCUT2D eigenvalue weighted by atomic mass is 16.6. The summed E-state index contributed by atoms with van der Waals surface area (Å²) in [5, 5.41) is 20.9. The number of imidazole rings is 1. The van der Waals surface area contributed by atoms with Crippen LogP contribution in [0.25, 0.3) is 11.2 Å². The first-order chi connectivity index (χ1) is 12.5. The fraction of sp³-hybridized carbons (Fsp3) is 0.706. The lowest BCUT2D eigenvalue weighted by Crippen LogP contribution is -2.36. The molecule has 2 aromatic rings. The van der Waals surface area contributed by atoms with Gasteiger partial charge < -0.3 is 26.4 Å². The lowest BCUT2D eigenvalue weighted by Gasteiger charge is -2.21. The Morgan fingerprint density at radius 2 is 1.92 bits per heavy atom. The number of nitrogens with zero attached hydrogens (tertiary/aromatic N) is 4. The van der Waals surface area contributed by atoms with Crippen molar-refractivity contribution in [3.8, 4) is 0 Å². The average Bonchev–Trinajstić information content (AvgIpc) is 3.32. The Kier molecular flexibility index (Phi) is 4.78. The van der Waals surface area contributed by atoms with Crippen molar-refractivity contribution in [3.63, 3.8) is 0 Å². The third kappa shape index (κ3) is 3.16. The summed E-state index contributed by atoms with van der Waals surface area (Å²) < 4.78 is 7.54. The number of ether oxygens (including phenoxy) is 1. The fourth-order valence-electron chi connectivity index (χ4n) is 4.28. The Morgan fingerprint density at radius 3 is 2.69 bits per heavy atom. The molecule has 9 heteroatoms. The van der Waals surface area contributed by atoms with E-state index in [1.54, 1.807) is 4.57 Å². The van der Waals surface area contributed by atoms with E-state index in [0.717, 1.165) is 6.42 Å². The number of anilines is 1. The molecule has 1 saturated carbocycles. The van der Waals surface area contributed by atoms with Gasteiger partial charge >= 0.3 is 0 Å². The molecule has 0 radical (unpaired) electrons. The quantitative estimate of drug-likeness (QED) is 0.595. The summed E-state index contributed by atoms with van der Waals surface area (Å²) in [5.74, 6) is 0.929. The molecule has 2 aliphatic rings. The molecule has 3 heterocycles. The van der Waals surface area contributed by atoms with E-state index in [1.165, 1.54) is 38.3 Å². The zero-order valence-corrected chi connectivity index (χ0v) is 14.6. The van der Waals surface area contributed by atoms with Crippen molar-refractivity contribution in [1.82, 2.24) is 19.5 Å². The van der Waals surface area contributed by atoms with Gasteiger partial charge in [0, 0.05) is 6.04 Å². The topological polar surface area (TPSA) is 145 Å². The van der Waals surface area contributed by atoms with Crippen LogP contribution >= 0.6 is 0 Å². The summed E-state index contributed by atoms with van der Waals surface area (Å²) in [6.45, 7) is 0. The summed E-state index contributed by atoms with van der Waals surface area (Å²) in [6, 6.07) is -0.0544. The van der Waals surface area contributed by atoms with Crippen LogP contribution in [0.1, 0.15) is 44.8 Å². The van der Waals surface area contributed by atoms with Crippen LogP contribution in [0.4, 0.5) is 5.82 Å². The summed E-state index contributed by atoms with van der Waals surface area (Å²) in [6.07, 6.45) is 5.89. The minimum Gasteiger partial charge on any atom is -0.388 e. The molecule has 0 amide bonds. The Bertz CT molecular complexity index is 762. The number of hydrogen-bond acceptors (Lipinski definition) is 8. The van der Waals surface area contributed by atoms with Crippen molar-refractivity contribution < 1.29 is 14.9 Å². The highest BCUT2D eigenvalue weighted by Gasteiger charge is 2.44. The summed E-state index contributed by atoms with van der Waals surface area (Å²) >= 11 is 0. The SMILES string of the molecule is Nc1ncnc2c1ncn2[C@@H]1O[C@H](C[C@H](N)CC2CCCC2)[C@@H](O)[C@H]1O. The molecule has 4 rings (SSSR count). The van der Waals surface area contributed by atoms with Crippen molar-refractivity contribution >= 4 is 17.0 Å². The molecule has 0 aromatic carbocycles. The largest absolute Gasteiger partial charge is 0.388 e. The van der Waals surface area contributed by atoms with Gasteiger partial charge in [-0.25, -0.2) is 15.0 Å². The lowest BCUT2D eigenvalue weighted by atomic mass is 9.94. The molecule has 2 aromatic heterocycles. The van der Waals surface area contributed by atoms with Gasteiger partial charge in [0.05, 0.1) is 12.4 Å². The van der Waals surface area contributed by atoms with E-state index in [9.17, 15) is 10.2 Å². The molecule has 26 heavy (non-hydrogen) atoms. The van der Waals surface area contributed by atoms with Crippen LogP contribution in [-0.2, 0) is 4.74 Å². The fourth-order valence-corrected chi connectivity index (χ4v) is 4.28. The van der Waals surface area contributed by atoms with Crippen LogP contribution in [0.3, 0.4) is 0 Å². The molecule has 0 bridgehead atoms. The normalized spacial score (nSPS) is 31.0. The van der Waals surface area contributed by atoms with Gasteiger partial charge in [-0.3, -0.25) is 4.57 Å². The predicted octanol–water partition coefficient (Wildman–Crippen LogP) is 0.325. The van der Waals surface area contributed by atoms with Crippen molar-refractivity contribution in [2.45, 2.75) is 69.1 Å². The minimum absolute atomic E-state index is 0.0544. The number of nitrogen functional groups attached to an aromatic ring is 1. The molecule has 142 valence electrons. The highest BCUT2D eigenvalue weighted by molar-refractivity contribution is 5.81. The number of aromatic nitrogens is 4. The van der Waals surface area contributed by atoms with E-state index in [0.29, 0.717) is 23.5 Å². The first-order valence-electron chi connectivity index (χ1n) is 9.24. The van der Waals surface area contributed by atoms with E-state index < -0.39 is 24.5 Å². The number of aliphatic hydroxyl groups excluding tert-OH is 2. The van der Waals surface area contributed by atoms with Crippen LogP contribution in [0.5, 0.6) is 0 Å². The van der Waals surface area contributed by atoms with Crippen LogP contribution in [-0.4, -0.2) is 54.1 Å². The molecule has 6 N–H and O–H groups in total. The zero-order chi connectivity index (χ0) is 18.3. The first kappa shape index (κ1) is 17.6. The standard InChI is InChI=1S/C17H26N6O3/c18-10(5-9-3-1-2-4-9)6-11-13(24)14(25)17(26-11)23-8-22-12-15(19)20-7-21-16(12)23/h7-11,13-14,17,24-25H,1-6,18H2,(H2,19,20,21)/t10-,11-,13-,14-,17-/m1/s1. The van der Waals surface area contributed by atoms with Crippen LogP contribution in [0.2, 0.25) is 0 Å². The van der Waals surface area contributed by atoms with Gasteiger partial charge in [-0.1, -0.05) is 25.7 Å². The van der Waals surface area contributed by atoms with Gasteiger partial charge in [0.25, 0.3) is 0 Å². The van der Waals surface area contributed by atoms with Crippen molar-refractivity contribution in [2.75, 3.05) is 5.73 Å². The number of hydrogen-bond donors (Lipinski definition) is 4. The summed E-state index contributed by atoms with van der Waals surface area (Å²) in [4.78, 5) is 12.3. The second-order valence-corrected chi connectivity index (χ2v) is 7.51. The predicted molar refractivity (Wildman–Crippen MR) is 94.8 cm³/mol. The molecular formula is C17H26N6O3. The zero-order valence-electron chi connectivity index (χ0n) is 14.6. The third-order valence-corrected chi connectivity index (χ3v) is 5.64. The maximum Gasteiger partial charge on any atom is 0.167 e. The Balaban J connectivity index is 1.47. The Hall–Kier alpha value is -1.81. The van der Waals surface area contributed by atoms with Gasteiger partial charge in [-0.2, -0.15) is 0 Å². The maximum atomic E-state index is 10.5. The van der Waals surface area contributed by atoms with Crippen molar-refractivity contribution in [3.05, 3.63) is 12.7 Å². The van der Waals surface area contributed by atoms with Crippen molar-refractivity contribution in [1.29, 1.82) is 0 Å². The number of nitrogens with two attached hydrogens (primary N) is 2. The van der Waals surface area contributed by atoms with Crippen LogP contribution in [0, 0.1) is 5.92 Å². The molecule has 1 aliphatic carbocycles.